The van der Waals surface area contributed by atoms with Crippen LogP contribution in [0.4, 0.5) is 10.1 Å². The summed E-state index contributed by atoms with van der Waals surface area (Å²) in [7, 11) is 0. The second kappa shape index (κ2) is 5.85. The Morgan fingerprint density at radius 1 is 1.25 bits per heavy atom. The van der Waals surface area contributed by atoms with E-state index < -0.39 is 16.4 Å². The van der Waals surface area contributed by atoms with Crippen LogP contribution in [-0.4, -0.2) is 10.0 Å². The van der Waals surface area contributed by atoms with Crippen LogP contribution in [0.1, 0.15) is 5.56 Å². The fraction of sp³-hybridized carbons (Fsp3) is 0.0769. The molecule has 2 rings (SSSR count). The second-order valence-corrected chi connectivity index (χ2v) is 4.32. The molecule has 2 aromatic rings. The minimum Gasteiger partial charge on any atom is -0.450 e. The zero-order chi connectivity index (χ0) is 14.7. The number of hydrogen-bond donors (Lipinski definition) is 1. The molecule has 7 heteroatoms. The molecular formula is C13H9ClFNO4. The van der Waals surface area contributed by atoms with E-state index >= 15 is 0 Å². The fourth-order valence-corrected chi connectivity index (χ4v) is 1.80. The fourth-order valence-electron chi connectivity index (χ4n) is 1.61. The van der Waals surface area contributed by atoms with Gasteiger partial charge < -0.3 is 9.84 Å². The molecule has 5 nitrogen and oxygen atoms in total. The first-order chi connectivity index (χ1) is 9.51. The van der Waals surface area contributed by atoms with Gasteiger partial charge in [0, 0.05) is 10.6 Å². The van der Waals surface area contributed by atoms with Gasteiger partial charge in [-0.25, -0.2) is 4.39 Å². The lowest BCUT2D eigenvalue weighted by Gasteiger charge is -2.10. The number of benzene rings is 2. The number of hydrogen-bond acceptors (Lipinski definition) is 4. The number of ether oxygens (including phenoxy) is 1. The lowest BCUT2D eigenvalue weighted by atomic mass is 10.2. The molecule has 0 atom stereocenters. The van der Waals surface area contributed by atoms with Crippen LogP contribution >= 0.6 is 11.6 Å². The van der Waals surface area contributed by atoms with E-state index in [9.17, 15) is 19.6 Å². The molecule has 0 amide bonds. The Morgan fingerprint density at radius 2 is 1.95 bits per heavy atom. The number of nitrogens with zero attached hydrogens (tertiary/aromatic N) is 1. The third-order valence-corrected chi connectivity index (χ3v) is 2.77. The summed E-state index contributed by atoms with van der Waals surface area (Å²) in [4.78, 5) is 10.1. The molecule has 0 aliphatic rings. The van der Waals surface area contributed by atoms with Crippen molar-refractivity contribution >= 4 is 17.3 Å². The highest BCUT2D eigenvalue weighted by Crippen LogP contribution is 2.34. The van der Waals surface area contributed by atoms with Crippen LogP contribution in [0.2, 0.25) is 5.02 Å². The lowest BCUT2D eigenvalue weighted by Crippen LogP contribution is -1.96. The van der Waals surface area contributed by atoms with Gasteiger partial charge in [0.1, 0.15) is 11.6 Å². The average Bonchev–Trinajstić information content (AvgIpc) is 2.42. The SMILES string of the molecule is O=[N+]([O-])c1cc(F)ccc1Oc1ccc(Cl)cc1CO. The van der Waals surface area contributed by atoms with E-state index in [1.165, 1.54) is 18.2 Å². The van der Waals surface area contributed by atoms with Crippen LogP contribution in [0.15, 0.2) is 36.4 Å². The maximum Gasteiger partial charge on any atom is 0.314 e. The van der Waals surface area contributed by atoms with Gasteiger partial charge >= 0.3 is 5.69 Å². The normalized spacial score (nSPS) is 10.3. The first kappa shape index (κ1) is 14.2. The number of nitro groups is 1. The highest BCUT2D eigenvalue weighted by molar-refractivity contribution is 6.30. The van der Waals surface area contributed by atoms with E-state index in [-0.39, 0.29) is 18.1 Å². The van der Waals surface area contributed by atoms with E-state index in [0.29, 0.717) is 10.6 Å². The van der Waals surface area contributed by atoms with Crippen molar-refractivity contribution in [2.24, 2.45) is 0 Å². The molecule has 0 aromatic heterocycles. The molecule has 0 aliphatic heterocycles. The molecule has 0 fully saturated rings. The van der Waals surface area contributed by atoms with Crippen LogP contribution < -0.4 is 4.74 Å². The highest BCUT2D eigenvalue weighted by Gasteiger charge is 2.18. The van der Waals surface area contributed by atoms with Crippen molar-refractivity contribution in [1.82, 2.24) is 0 Å². The van der Waals surface area contributed by atoms with E-state index in [2.05, 4.69) is 0 Å². The van der Waals surface area contributed by atoms with Gasteiger partial charge in [-0.2, -0.15) is 0 Å². The Kier molecular flexibility index (Phi) is 4.16. The van der Waals surface area contributed by atoms with E-state index in [0.717, 1.165) is 18.2 Å². The van der Waals surface area contributed by atoms with Gasteiger partial charge in [0.15, 0.2) is 0 Å². The predicted octanol–water partition coefficient (Wildman–Crippen LogP) is 3.67. The largest absolute Gasteiger partial charge is 0.450 e. The Hall–Kier alpha value is -2.18. The van der Waals surface area contributed by atoms with Gasteiger partial charge in [-0.05, 0) is 30.3 Å². The number of nitro benzene ring substituents is 1. The first-order valence-electron chi connectivity index (χ1n) is 5.52. The maximum absolute atomic E-state index is 13.0. The molecule has 20 heavy (non-hydrogen) atoms. The summed E-state index contributed by atoms with van der Waals surface area (Å²) in [6, 6.07) is 7.45. The summed E-state index contributed by atoms with van der Waals surface area (Å²) in [5, 5.41) is 20.5. The summed E-state index contributed by atoms with van der Waals surface area (Å²) in [6.45, 7) is -0.342. The van der Waals surface area contributed by atoms with Crippen LogP contribution in [-0.2, 0) is 6.61 Å². The van der Waals surface area contributed by atoms with Crippen LogP contribution in [0, 0.1) is 15.9 Å². The van der Waals surface area contributed by atoms with Crippen molar-refractivity contribution in [2.45, 2.75) is 6.61 Å². The predicted molar refractivity (Wildman–Crippen MR) is 70.5 cm³/mol. The third kappa shape index (κ3) is 3.04. The van der Waals surface area contributed by atoms with Crippen LogP contribution in [0.5, 0.6) is 11.5 Å². The smallest absolute Gasteiger partial charge is 0.314 e. The Morgan fingerprint density at radius 3 is 2.60 bits per heavy atom. The third-order valence-electron chi connectivity index (χ3n) is 2.53. The number of aliphatic hydroxyl groups excluding tert-OH is 1. The topological polar surface area (TPSA) is 72.6 Å². The monoisotopic (exact) mass is 297 g/mol. The number of halogens is 2. The minimum absolute atomic E-state index is 0.117. The molecule has 0 bridgehead atoms. The van der Waals surface area contributed by atoms with Crippen LogP contribution in [0.25, 0.3) is 0 Å². The zero-order valence-corrected chi connectivity index (χ0v) is 10.8. The molecular weight excluding hydrogens is 289 g/mol. The minimum atomic E-state index is -0.743. The summed E-state index contributed by atoms with van der Waals surface area (Å²) in [6.07, 6.45) is 0. The van der Waals surface area contributed by atoms with Crippen LogP contribution in [0.3, 0.4) is 0 Å². The first-order valence-corrected chi connectivity index (χ1v) is 5.90. The van der Waals surface area contributed by atoms with Gasteiger partial charge in [-0.3, -0.25) is 10.1 Å². The van der Waals surface area contributed by atoms with Gasteiger partial charge in [0.2, 0.25) is 5.75 Å². The average molecular weight is 298 g/mol. The molecule has 0 aliphatic carbocycles. The van der Waals surface area contributed by atoms with E-state index in [4.69, 9.17) is 16.3 Å². The number of aliphatic hydroxyl groups is 1. The van der Waals surface area contributed by atoms with Gasteiger partial charge in [0.05, 0.1) is 17.6 Å². The Bertz CT molecular complexity index is 663. The molecule has 0 spiro atoms. The van der Waals surface area contributed by atoms with Crippen molar-refractivity contribution in [3.05, 3.63) is 62.9 Å². The molecule has 2 aromatic carbocycles. The maximum atomic E-state index is 13.0. The quantitative estimate of drug-likeness (QED) is 0.690. The molecule has 0 radical (unpaired) electrons. The molecule has 1 N–H and O–H groups in total. The summed E-state index contributed by atoms with van der Waals surface area (Å²) < 4.78 is 18.4. The van der Waals surface area contributed by atoms with Crippen molar-refractivity contribution < 1.29 is 19.2 Å². The van der Waals surface area contributed by atoms with Gasteiger partial charge in [-0.15, -0.1) is 0 Å². The van der Waals surface area contributed by atoms with Gasteiger partial charge in [-0.1, -0.05) is 11.6 Å². The molecule has 0 saturated heterocycles. The zero-order valence-electron chi connectivity index (χ0n) is 10.0. The summed E-state index contributed by atoms with van der Waals surface area (Å²) >= 11 is 5.78. The van der Waals surface area contributed by atoms with Crippen molar-refractivity contribution in [3.63, 3.8) is 0 Å². The molecule has 0 unspecified atom stereocenters. The molecule has 0 heterocycles. The second-order valence-electron chi connectivity index (χ2n) is 3.88. The standard InChI is InChI=1S/C13H9ClFNO4/c14-9-1-3-12(8(5-9)7-17)20-13-4-2-10(15)6-11(13)16(18)19/h1-6,17H,7H2. The summed E-state index contributed by atoms with van der Waals surface area (Å²) in [5.74, 6) is -0.637. The number of rotatable bonds is 4. The van der Waals surface area contributed by atoms with Gasteiger partial charge in [0.25, 0.3) is 0 Å². The molecule has 104 valence electrons. The van der Waals surface area contributed by atoms with E-state index in [1.54, 1.807) is 0 Å². The lowest BCUT2D eigenvalue weighted by molar-refractivity contribution is -0.385. The van der Waals surface area contributed by atoms with Crippen molar-refractivity contribution in [1.29, 1.82) is 0 Å². The molecule has 0 saturated carbocycles. The highest BCUT2D eigenvalue weighted by atomic mass is 35.5. The Labute approximate surface area is 118 Å². The summed E-state index contributed by atoms with van der Waals surface area (Å²) in [5.41, 5.74) is -0.125. The Balaban J connectivity index is 2.42. The van der Waals surface area contributed by atoms with Crippen molar-refractivity contribution in [3.8, 4) is 11.5 Å². The van der Waals surface area contributed by atoms with Crippen molar-refractivity contribution in [2.75, 3.05) is 0 Å². The van der Waals surface area contributed by atoms with E-state index in [1.807, 2.05) is 0 Å².